The van der Waals surface area contributed by atoms with Crippen molar-refractivity contribution in [3.8, 4) is 0 Å². The average molecular weight is 276 g/mol. The summed E-state index contributed by atoms with van der Waals surface area (Å²) in [5.74, 6) is 0.349. The van der Waals surface area contributed by atoms with Crippen molar-refractivity contribution < 1.29 is 14.7 Å². The van der Waals surface area contributed by atoms with Gasteiger partial charge in [0.15, 0.2) is 0 Å². The number of hydrogen-bond donors (Lipinski definition) is 3. The predicted octanol–water partition coefficient (Wildman–Crippen LogP) is 1.36. The van der Waals surface area contributed by atoms with Gasteiger partial charge < -0.3 is 10.4 Å². The quantitative estimate of drug-likeness (QED) is 0.656. The van der Waals surface area contributed by atoms with E-state index in [0.717, 1.165) is 6.42 Å². The Bertz CT molecular complexity index is 270. The summed E-state index contributed by atoms with van der Waals surface area (Å²) in [4.78, 5) is 22.7. The third kappa shape index (κ3) is 9.30. The van der Waals surface area contributed by atoms with Gasteiger partial charge in [0.1, 0.15) is 0 Å². The van der Waals surface area contributed by atoms with Crippen LogP contribution in [-0.2, 0) is 4.79 Å². The van der Waals surface area contributed by atoms with E-state index in [1.807, 2.05) is 6.92 Å². The number of rotatable bonds is 7. The summed E-state index contributed by atoms with van der Waals surface area (Å²) in [5, 5.41) is 14.1. The molecule has 0 aliphatic heterocycles. The lowest BCUT2D eigenvalue weighted by molar-refractivity contribution is -0.117. The van der Waals surface area contributed by atoms with Crippen LogP contribution in [0.25, 0.3) is 0 Å². The van der Waals surface area contributed by atoms with Crippen LogP contribution < -0.4 is 10.6 Å². The smallest absolute Gasteiger partial charge is 0.321 e. The number of thioether (sulfide) groups is 1. The van der Waals surface area contributed by atoms with Gasteiger partial charge in [-0.2, -0.15) is 0 Å². The summed E-state index contributed by atoms with van der Waals surface area (Å²) >= 11 is 1.32. The van der Waals surface area contributed by atoms with Crippen molar-refractivity contribution in [1.82, 2.24) is 10.6 Å². The standard InChI is InChI=1S/C12H24N2O3S/c1-8(2)5-6-13-12(17)14-11(16)7-18-10(4)9(3)15/h8-10,15H,5-7H2,1-4H3,(H2,13,14,16,17). The first-order chi connectivity index (χ1) is 8.32. The van der Waals surface area contributed by atoms with E-state index in [1.54, 1.807) is 6.92 Å². The lowest BCUT2D eigenvalue weighted by Gasteiger charge is -2.13. The van der Waals surface area contributed by atoms with Crippen molar-refractivity contribution in [3.05, 3.63) is 0 Å². The van der Waals surface area contributed by atoms with E-state index in [4.69, 9.17) is 0 Å². The van der Waals surface area contributed by atoms with Crippen LogP contribution in [0.5, 0.6) is 0 Å². The van der Waals surface area contributed by atoms with E-state index >= 15 is 0 Å². The predicted molar refractivity (Wildman–Crippen MR) is 74.6 cm³/mol. The third-order valence-electron chi connectivity index (χ3n) is 2.42. The first kappa shape index (κ1) is 17.2. The molecule has 0 bridgehead atoms. The highest BCUT2D eigenvalue weighted by Gasteiger charge is 2.13. The van der Waals surface area contributed by atoms with Gasteiger partial charge in [0.2, 0.25) is 5.91 Å². The van der Waals surface area contributed by atoms with Crippen molar-refractivity contribution in [1.29, 1.82) is 0 Å². The van der Waals surface area contributed by atoms with Gasteiger partial charge in [0, 0.05) is 11.8 Å². The highest BCUT2D eigenvalue weighted by molar-refractivity contribution is 8.00. The summed E-state index contributed by atoms with van der Waals surface area (Å²) in [6.07, 6.45) is 0.415. The lowest BCUT2D eigenvalue weighted by atomic mass is 10.1. The average Bonchev–Trinajstić information content (AvgIpc) is 2.24. The number of carbonyl (C=O) groups is 2. The number of amides is 3. The highest BCUT2D eigenvalue weighted by Crippen LogP contribution is 2.13. The summed E-state index contributed by atoms with van der Waals surface area (Å²) in [6.45, 7) is 8.21. The molecule has 0 rings (SSSR count). The maximum absolute atomic E-state index is 11.4. The second-order valence-corrected chi connectivity index (χ2v) is 6.11. The van der Waals surface area contributed by atoms with Crippen LogP contribution >= 0.6 is 11.8 Å². The van der Waals surface area contributed by atoms with Gasteiger partial charge in [-0.3, -0.25) is 10.1 Å². The number of imide groups is 1. The van der Waals surface area contributed by atoms with Gasteiger partial charge in [0.25, 0.3) is 0 Å². The van der Waals surface area contributed by atoms with Gasteiger partial charge in [-0.25, -0.2) is 4.79 Å². The van der Waals surface area contributed by atoms with Gasteiger partial charge >= 0.3 is 6.03 Å². The molecule has 18 heavy (non-hydrogen) atoms. The molecule has 5 nitrogen and oxygen atoms in total. The van der Waals surface area contributed by atoms with Crippen molar-refractivity contribution in [2.45, 2.75) is 45.5 Å². The van der Waals surface area contributed by atoms with Gasteiger partial charge in [-0.05, 0) is 19.3 Å². The van der Waals surface area contributed by atoms with Crippen LogP contribution in [0.3, 0.4) is 0 Å². The Morgan fingerprint density at radius 3 is 2.33 bits per heavy atom. The number of nitrogens with one attached hydrogen (secondary N) is 2. The number of hydrogen-bond acceptors (Lipinski definition) is 4. The van der Waals surface area contributed by atoms with E-state index in [-0.39, 0.29) is 16.9 Å². The largest absolute Gasteiger partial charge is 0.392 e. The molecule has 6 heteroatoms. The Morgan fingerprint density at radius 1 is 1.22 bits per heavy atom. The summed E-state index contributed by atoms with van der Waals surface area (Å²) in [7, 11) is 0. The van der Waals surface area contributed by atoms with Crippen molar-refractivity contribution in [2.75, 3.05) is 12.3 Å². The second kappa shape index (κ2) is 9.22. The summed E-state index contributed by atoms with van der Waals surface area (Å²) < 4.78 is 0. The van der Waals surface area contributed by atoms with Crippen LogP contribution in [-0.4, -0.2) is 40.7 Å². The minimum atomic E-state index is -0.470. The van der Waals surface area contributed by atoms with Gasteiger partial charge in [0.05, 0.1) is 11.9 Å². The Hall–Kier alpha value is -0.750. The number of aliphatic hydroxyl groups is 1. The molecule has 0 aliphatic carbocycles. The van der Waals surface area contributed by atoms with Crippen LogP contribution in [0, 0.1) is 5.92 Å². The van der Waals surface area contributed by atoms with E-state index < -0.39 is 12.1 Å². The first-order valence-electron chi connectivity index (χ1n) is 6.20. The SMILES string of the molecule is CC(C)CCNC(=O)NC(=O)CSC(C)C(C)O. The number of carbonyl (C=O) groups excluding carboxylic acids is 2. The zero-order valence-corrected chi connectivity index (χ0v) is 12.3. The highest BCUT2D eigenvalue weighted by atomic mass is 32.2. The van der Waals surface area contributed by atoms with Crippen molar-refractivity contribution in [3.63, 3.8) is 0 Å². The van der Waals surface area contributed by atoms with Crippen LogP contribution in [0.1, 0.15) is 34.1 Å². The molecule has 2 unspecified atom stereocenters. The monoisotopic (exact) mass is 276 g/mol. The normalized spacial score (nSPS) is 14.1. The molecule has 2 atom stereocenters. The second-order valence-electron chi connectivity index (χ2n) is 4.74. The minimum Gasteiger partial charge on any atom is -0.392 e. The first-order valence-corrected chi connectivity index (χ1v) is 7.25. The molecule has 0 fully saturated rings. The topological polar surface area (TPSA) is 78.4 Å². The van der Waals surface area contributed by atoms with Crippen molar-refractivity contribution in [2.24, 2.45) is 5.92 Å². The summed E-state index contributed by atoms with van der Waals surface area (Å²) in [5.41, 5.74) is 0. The molecule has 3 amide bonds. The van der Waals surface area contributed by atoms with E-state index in [0.29, 0.717) is 12.5 Å². The number of aliphatic hydroxyl groups excluding tert-OH is 1. The van der Waals surface area contributed by atoms with Crippen LogP contribution in [0.4, 0.5) is 4.79 Å². The molecule has 106 valence electrons. The van der Waals surface area contributed by atoms with Crippen LogP contribution in [0.15, 0.2) is 0 Å². The fraction of sp³-hybridized carbons (Fsp3) is 0.833. The lowest BCUT2D eigenvalue weighted by Crippen LogP contribution is -2.41. The molecule has 0 saturated carbocycles. The molecule has 0 radical (unpaired) electrons. The molecule has 0 heterocycles. The fourth-order valence-electron chi connectivity index (χ4n) is 1.03. The molecule has 0 aromatic rings. The molecule has 0 saturated heterocycles. The molecule has 0 spiro atoms. The Balaban J connectivity index is 3.71. The molecule has 0 aromatic carbocycles. The Morgan fingerprint density at radius 2 is 1.83 bits per heavy atom. The van der Waals surface area contributed by atoms with E-state index in [1.165, 1.54) is 11.8 Å². The minimum absolute atomic E-state index is 0.0280. The molecular formula is C12H24N2O3S. The fourth-order valence-corrected chi connectivity index (χ4v) is 1.79. The Labute approximate surface area is 113 Å². The van der Waals surface area contributed by atoms with Crippen molar-refractivity contribution >= 4 is 23.7 Å². The third-order valence-corrected chi connectivity index (χ3v) is 3.77. The maximum Gasteiger partial charge on any atom is 0.321 e. The Kier molecular flexibility index (Phi) is 8.83. The van der Waals surface area contributed by atoms with Gasteiger partial charge in [-0.15, -0.1) is 11.8 Å². The zero-order chi connectivity index (χ0) is 14.1. The molecule has 0 aliphatic rings. The summed E-state index contributed by atoms with van der Waals surface area (Å²) in [6, 6.07) is -0.453. The molecule has 0 aromatic heterocycles. The zero-order valence-electron chi connectivity index (χ0n) is 11.5. The number of urea groups is 1. The van der Waals surface area contributed by atoms with Gasteiger partial charge in [-0.1, -0.05) is 20.8 Å². The van der Waals surface area contributed by atoms with Crippen LogP contribution in [0.2, 0.25) is 0 Å². The maximum atomic E-state index is 11.4. The molecule has 3 N–H and O–H groups in total. The van der Waals surface area contributed by atoms with E-state index in [2.05, 4.69) is 24.5 Å². The van der Waals surface area contributed by atoms with E-state index in [9.17, 15) is 14.7 Å². The molecular weight excluding hydrogens is 252 g/mol.